The Morgan fingerprint density at radius 3 is 2.45 bits per heavy atom. The fourth-order valence-electron chi connectivity index (χ4n) is 6.04. The summed E-state index contributed by atoms with van der Waals surface area (Å²) in [6.07, 6.45) is 3.64. The number of hydrogen-bond acceptors (Lipinski definition) is 7. The Hall–Kier alpha value is -4.01. The van der Waals surface area contributed by atoms with Crippen molar-refractivity contribution in [2.45, 2.75) is 59.0 Å². The van der Waals surface area contributed by atoms with E-state index in [-0.39, 0.29) is 23.9 Å². The van der Waals surface area contributed by atoms with E-state index in [2.05, 4.69) is 36.9 Å². The number of fused-ring (bicyclic) bond motifs is 1. The lowest BCUT2D eigenvalue weighted by Gasteiger charge is -2.47. The molecule has 2 aromatic heterocycles. The van der Waals surface area contributed by atoms with E-state index < -0.39 is 6.35 Å². The van der Waals surface area contributed by atoms with Crippen molar-refractivity contribution >= 4 is 40.9 Å². The van der Waals surface area contributed by atoms with Gasteiger partial charge < -0.3 is 14.9 Å². The lowest BCUT2D eigenvalue weighted by Crippen LogP contribution is -2.60. The van der Waals surface area contributed by atoms with Crippen molar-refractivity contribution in [1.29, 1.82) is 0 Å². The topological polar surface area (TPSA) is 85.2 Å². The van der Waals surface area contributed by atoms with E-state index in [0.717, 1.165) is 28.1 Å². The molecule has 0 saturated carbocycles. The van der Waals surface area contributed by atoms with Crippen LogP contribution in [0.2, 0.25) is 5.02 Å². The highest BCUT2D eigenvalue weighted by atomic mass is 35.5. The molecule has 3 aromatic rings. The summed E-state index contributed by atoms with van der Waals surface area (Å²) >= 11 is 7.00. The molecule has 1 amide bonds. The van der Waals surface area contributed by atoms with Crippen molar-refractivity contribution in [1.82, 2.24) is 19.8 Å². The van der Waals surface area contributed by atoms with Crippen molar-refractivity contribution in [3.8, 4) is 11.3 Å². The molecule has 0 radical (unpaired) electrons. The standard InChI is InChI=1S/C33H37ClN6O2/c1-8-23-12-10-11-13-24(23)29-26(34)16-25-31(36-29)40(30-20(5)14-15-35-28(30)19(3)4)33(42)37-32(25)39-21(6)17-38(18-22(39)7)27(41)9-2/h8-16,19,21-22,33,42H,1-2,17-18H2,3-7H3/t21-,22-,33?/m0/s1. The van der Waals surface area contributed by atoms with Crippen LogP contribution in [0.25, 0.3) is 17.3 Å². The zero-order chi connectivity index (χ0) is 30.3. The van der Waals surface area contributed by atoms with Gasteiger partial charge in [-0.05, 0) is 56.0 Å². The Kier molecular flexibility index (Phi) is 8.21. The first-order valence-corrected chi connectivity index (χ1v) is 14.6. The highest BCUT2D eigenvalue weighted by Crippen LogP contribution is 2.43. The number of amidine groups is 1. The second kappa shape index (κ2) is 11.7. The number of hydrogen-bond donors (Lipinski definition) is 1. The largest absolute Gasteiger partial charge is 0.355 e. The maximum absolute atomic E-state index is 12.5. The number of carbonyl (C=O) groups excluding carboxylic acids is 1. The second-order valence-corrected chi connectivity index (χ2v) is 11.6. The third kappa shape index (κ3) is 5.10. The molecule has 0 bridgehead atoms. The lowest BCUT2D eigenvalue weighted by atomic mass is 9.99. The van der Waals surface area contributed by atoms with E-state index in [0.29, 0.717) is 41.0 Å². The SMILES string of the molecule is C=CC(=O)N1C[C@H](C)N(C2=NC(O)N(c3c(C)ccnc3C(C)C)c3nc(-c4ccccc4C=C)c(Cl)cc32)[C@@H](C)C1. The number of carbonyl (C=O) groups is 1. The molecule has 2 aliphatic heterocycles. The van der Waals surface area contributed by atoms with Gasteiger partial charge in [-0.25, -0.2) is 9.98 Å². The number of rotatable bonds is 5. The highest BCUT2D eigenvalue weighted by Gasteiger charge is 2.40. The Bertz CT molecular complexity index is 1570. The van der Waals surface area contributed by atoms with Gasteiger partial charge in [0.2, 0.25) is 12.3 Å². The van der Waals surface area contributed by atoms with Gasteiger partial charge in [0.1, 0.15) is 11.7 Å². The Morgan fingerprint density at radius 2 is 1.81 bits per heavy atom. The van der Waals surface area contributed by atoms with Gasteiger partial charge in [-0.15, -0.1) is 0 Å². The maximum atomic E-state index is 12.5. The van der Waals surface area contributed by atoms with E-state index in [1.807, 2.05) is 57.2 Å². The molecule has 5 rings (SSSR count). The Morgan fingerprint density at radius 1 is 1.12 bits per heavy atom. The first kappa shape index (κ1) is 29.5. The molecular weight excluding hydrogens is 548 g/mol. The molecular formula is C33H37ClN6O2. The number of aromatic nitrogens is 2. The number of aliphatic hydroxyl groups excluding tert-OH is 1. The van der Waals surface area contributed by atoms with E-state index in [1.165, 1.54) is 6.08 Å². The number of aliphatic imine (C=N–C) groups is 1. The summed E-state index contributed by atoms with van der Waals surface area (Å²) < 4.78 is 0. The van der Waals surface area contributed by atoms with E-state index in [4.69, 9.17) is 21.6 Å². The number of nitrogens with zero attached hydrogens (tertiary/aromatic N) is 6. The summed E-state index contributed by atoms with van der Waals surface area (Å²) in [6, 6.07) is 11.5. The van der Waals surface area contributed by atoms with E-state index in [9.17, 15) is 9.90 Å². The molecule has 9 heteroatoms. The third-order valence-corrected chi connectivity index (χ3v) is 8.21. The van der Waals surface area contributed by atoms with Gasteiger partial charge in [-0.3, -0.25) is 14.7 Å². The number of anilines is 2. The quantitative estimate of drug-likeness (QED) is 0.362. The van der Waals surface area contributed by atoms with Crippen LogP contribution in [0.3, 0.4) is 0 Å². The van der Waals surface area contributed by atoms with Crippen LogP contribution in [0.1, 0.15) is 56.0 Å². The van der Waals surface area contributed by atoms with Crippen molar-refractivity contribution < 1.29 is 9.90 Å². The number of aryl methyl sites for hydroxylation is 1. The molecule has 42 heavy (non-hydrogen) atoms. The van der Waals surface area contributed by atoms with E-state index in [1.54, 1.807) is 22.1 Å². The molecule has 1 aromatic carbocycles. The molecule has 3 atom stereocenters. The highest BCUT2D eigenvalue weighted by molar-refractivity contribution is 6.33. The molecule has 1 N–H and O–H groups in total. The average Bonchev–Trinajstić information content (AvgIpc) is 2.96. The van der Waals surface area contributed by atoms with Crippen LogP contribution in [0, 0.1) is 6.92 Å². The van der Waals surface area contributed by atoms with Gasteiger partial charge in [0.25, 0.3) is 0 Å². The minimum Gasteiger partial charge on any atom is -0.355 e. The summed E-state index contributed by atoms with van der Waals surface area (Å²) in [5, 5.41) is 12.3. The summed E-state index contributed by atoms with van der Waals surface area (Å²) in [7, 11) is 0. The summed E-state index contributed by atoms with van der Waals surface area (Å²) in [4.78, 5) is 32.9. The number of pyridine rings is 2. The van der Waals surface area contributed by atoms with Crippen molar-refractivity contribution in [2.75, 3.05) is 18.0 Å². The maximum Gasteiger partial charge on any atom is 0.246 e. The zero-order valence-corrected chi connectivity index (χ0v) is 25.5. The van der Waals surface area contributed by atoms with Gasteiger partial charge in [0.15, 0.2) is 0 Å². The predicted molar refractivity (Wildman–Crippen MR) is 170 cm³/mol. The molecule has 8 nitrogen and oxygen atoms in total. The molecule has 218 valence electrons. The molecule has 1 fully saturated rings. The molecule has 0 spiro atoms. The van der Waals surface area contributed by atoms with Crippen LogP contribution in [-0.2, 0) is 4.79 Å². The summed E-state index contributed by atoms with van der Waals surface area (Å²) in [6.45, 7) is 18.9. The minimum atomic E-state index is -1.27. The van der Waals surface area contributed by atoms with Gasteiger partial charge >= 0.3 is 0 Å². The van der Waals surface area contributed by atoms with Crippen LogP contribution in [-0.4, -0.2) is 68.1 Å². The fraction of sp³-hybridized carbons (Fsp3) is 0.333. The van der Waals surface area contributed by atoms with Crippen LogP contribution in [0.15, 0.2) is 66.8 Å². The smallest absolute Gasteiger partial charge is 0.246 e. The summed E-state index contributed by atoms with van der Waals surface area (Å²) in [5.41, 5.74) is 5.56. The number of amides is 1. The third-order valence-electron chi connectivity index (χ3n) is 7.92. The van der Waals surface area contributed by atoms with Crippen molar-refractivity contribution in [2.24, 2.45) is 4.99 Å². The molecule has 1 saturated heterocycles. The van der Waals surface area contributed by atoms with Gasteiger partial charge in [-0.2, -0.15) is 0 Å². The van der Waals surface area contributed by atoms with Crippen molar-refractivity contribution in [3.05, 3.63) is 89.2 Å². The first-order valence-electron chi connectivity index (χ1n) is 14.2. The van der Waals surface area contributed by atoms with Crippen LogP contribution in [0.4, 0.5) is 11.5 Å². The molecule has 0 aliphatic carbocycles. The fourth-order valence-corrected chi connectivity index (χ4v) is 6.29. The molecule has 1 unspecified atom stereocenters. The molecule has 4 heterocycles. The first-order chi connectivity index (χ1) is 20.1. The Balaban J connectivity index is 1.74. The lowest BCUT2D eigenvalue weighted by molar-refractivity contribution is -0.129. The number of halogens is 1. The van der Waals surface area contributed by atoms with Crippen LogP contribution >= 0.6 is 11.6 Å². The van der Waals surface area contributed by atoms with Gasteiger partial charge in [-0.1, -0.05) is 68.9 Å². The van der Waals surface area contributed by atoms with E-state index >= 15 is 0 Å². The van der Waals surface area contributed by atoms with Gasteiger partial charge in [0, 0.05) is 36.9 Å². The number of benzene rings is 1. The van der Waals surface area contributed by atoms with Gasteiger partial charge in [0.05, 0.1) is 27.7 Å². The Labute approximate surface area is 252 Å². The average molecular weight is 585 g/mol. The number of aliphatic hydroxyl groups is 1. The summed E-state index contributed by atoms with van der Waals surface area (Å²) in [5.74, 6) is 1.11. The van der Waals surface area contributed by atoms with Crippen LogP contribution in [0.5, 0.6) is 0 Å². The normalized spacial score (nSPS) is 20.3. The monoisotopic (exact) mass is 584 g/mol. The molecule has 2 aliphatic rings. The zero-order valence-electron chi connectivity index (χ0n) is 24.8. The predicted octanol–water partition coefficient (Wildman–Crippen LogP) is 6.15. The minimum absolute atomic E-state index is 0.0877. The number of piperazine rings is 1. The van der Waals surface area contributed by atoms with Crippen molar-refractivity contribution in [3.63, 3.8) is 0 Å². The second-order valence-electron chi connectivity index (χ2n) is 11.2. The van der Waals surface area contributed by atoms with Crippen LogP contribution < -0.4 is 4.90 Å².